The second-order valence-corrected chi connectivity index (χ2v) is 4.77. The third-order valence-corrected chi connectivity index (χ3v) is 3.41. The standard InChI is InChI=1S/C15H18N2O2/c1-4-9(2)13-16-14(18)12(15(19)17-13)11-8-6-5-7-10(11)3/h5-9H,4H2,1-3H3,(H2,16,17,18,19). The highest BCUT2D eigenvalue weighted by molar-refractivity contribution is 5.70. The summed E-state index contributed by atoms with van der Waals surface area (Å²) < 4.78 is 0. The number of nitrogens with one attached hydrogen (secondary N) is 1. The van der Waals surface area contributed by atoms with Gasteiger partial charge in [-0.25, -0.2) is 0 Å². The van der Waals surface area contributed by atoms with Gasteiger partial charge < -0.3 is 10.1 Å². The molecule has 0 aliphatic carbocycles. The van der Waals surface area contributed by atoms with E-state index in [2.05, 4.69) is 9.97 Å². The van der Waals surface area contributed by atoms with Crippen LogP contribution in [0.2, 0.25) is 0 Å². The monoisotopic (exact) mass is 258 g/mol. The smallest absolute Gasteiger partial charge is 0.262 e. The quantitative estimate of drug-likeness (QED) is 0.889. The van der Waals surface area contributed by atoms with Crippen molar-refractivity contribution in [2.75, 3.05) is 0 Å². The number of benzene rings is 1. The predicted octanol–water partition coefficient (Wildman–Crippen LogP) is 2.96. The van der Waals surface area contributed by atoms with Crippen LogP contribution in [0.4, 0.5) is 0 Å². The molecule has 2 N–H and O–H groups in total. The van der Waals surface area contributed by atoms with Gasteiger partial charge in [0.25, 0.3) is 5.56 Å². The predicted molar refractivity (Wildman–Crippen MR) is 75.4 cm³/mol. The number of hydrogen-bond donors (Lipinski definition) is 2. The van der Waals surface area contributed by atoms with Gasteiger partial charge in [0.1, 0.15) is 11.4 Å². The van der Waals surface area contributed by atoms with Crippen LogP contribution in [0.3, 0.4) is 0 Å². The topological polar surface area (TPSA) is 66.0 Å². The molecule has 2 aromatic rings. The molecule has 0 saturated heterocycles. The highest BCUT2D eigenvalue weighted by Gasteiger charge is 2.16. The van der Waals surface area contributed by atoms with Crippen LogP contribution >= 0.6 is 0 Å². The molecular formula is C15H18N2O2. The molecule has 0 fully saturated rings. The van der Waals surface area contributed by atoms with Crippen LogP contribution in [0.25, 0.3) is 11.1 Å². The van der Waals surface area contributed by atoms with Crippen molar-refractivity contribution in [1.29, 1.82) is 0 Å². The number of hydrogen-bond acceptors (Lipinski definition) is 3. The first kappa shape index (κ1) is 13.3. The summed E-state index contributed by atoms with van der Waals surface area (Å²) in [7, 11) is 0. The van der Waals surface area contributed by atoms with Gasteiger partial charge in [-0.05, 0) is 24.5 Å². The van der Waals surface area contributed by atoms with Crippen LogP contribution in [0.15, 0.2) is 29.1 Å². The SMILES string of the molecule is CCC(C)c1nc(O)c(-c2ccccc2C)c(=O)[nH]1. The van der Waals surface area contributed by atoms with Gasteiger partial charge in [0, 0.05) is 5.92 Å². The van der Waals surface area contributed by atoms with E-state index in [1.54, 1.807) is 0 Å². The third kappa shape index (κ3) is 2.52. The van der Waals surface area contributed by atoms with Crippen molar-refractivity contribution in [2.24, 2.45) is 0 Å². The van der Waals surface area contributed by atoms with E-state index in [4.69, 9.17) is 0 Å². The molecule has 0 amide bonds. The molecule has 1 atom stereocenters. The highest BCUT2D eigenvalue weighted by atomic mass is 16.3. The summed E-state index contributed by atoms with van der Waals surface area (Å²) >= 11 is 0. The van der Waals surface area contributed by atoms with Crippen molar-refractivity contribution in [3.8, 4) is 17.0 Å². The average molecular weight is 258 g/mol. The van der Waals surface area contributed by atoms with Crippen molar-refractivity contribution in [3.63, 3.8) is 0 Å². The summed E-state index contributed by atoms with van der Waals surface area (Å²) in [4.78, 5) is 19.1. The lowest BCUT2D eigenvalue weighted by molar-refractivity contribution is 0.446. The maximum atomic E-state index is 12.2. The van der Waals surface area contributed by atoms with Crippen LogP contribution in [0, 0.1) is 6.92 Å². The minimum atomic E-state index is -0.294. The van der Waals surface area contributed by atoms with Gasteiger partial charge in [0.05, 0.1) is 0 Å². The van der Waals surface area contributed by atoms with Crippen molar-refractivity contribution < 1.29 is 5.11 Å². The zero-order valence-electron chi connectivity index (χ0n) is 11.4. The third-order valence-electron chi connectivity index (χ3n) is 3.41. The van der Waals surface area contributed by atoms with Crippen molar-refractivity contribution in [2.45, 2.75) is 33.1 Å². The lowest BCUT2D eigenvalue weighted by Crippen LogP contribution is -2.15. The van der Waals surface area contributed by atoms with E-state index in [0.29, 0.717) is 11.4 Å². The summed E-state index contributed by atoms with van der Waals surface area (Å²) in [6, 6.07) is 7.44. The summed E-state index contributed by atoms with van der Waals surface area (Å²) in [5.41, 5.74) is 1.59. The molecule has 0 radical (unpaired) electrons. The normalized spacial score (nSPS) is 12.4. The Kier molecular flexibility index (Phi) is 3.69. The van der Waals surface area contributed by atoms with Gasteiger partial charge in [0.2, 0.25) is 5.88 Å². The van der Waals surface area contributed by atoms with Crippen molar-refractivity contribution in [1.82, 2.24) is 9.97 Å². The Hall–Kier alpha value is -2.10. The largest absolute Gasteiger partial charge is 0.493 e. The molecule has 0 aliphatic rings. The van der Waals surface area contributed by atoms with E-state index in [1.807, 2.05) is 45.0 Å². The van der Waals surface area contributed by atoms with Crippen molar-refractivity contribution >= 4 is 0 Å². The Labute approximate surface area is 112 Å². The lowest BCUT2D eigenvalue weighted by atomic mass is 10.0. The number of aromatic nitrogens is 2. The Balaban J connectivity index is 2.61. The number of rotatable bonds is 3. The molecular weight excluding hydrogens is 240 g/mol. The first-order valence-corrected chi connectivity index (χ1v) is 6.43. The molecule has 0 spiro atoms. The molecule has 1 aromatic carbocycles. The van der Waals surface area contributed by atoms with Gasteiger partial charge in [-0.1, -0.05) is 38.1 Å². The maximum absolute atomic E-state index is 12.2. The Morgan fingerprint density at radius 3 is 2.63 bits per heavy atom. The minimum absolute atomic E-state index is 0.115. The molecule has 2 rings (SSSR count). The zero-order chi connectivity index (χ0) is 14.0. The van der Waals surface area contributed by atoms with E-state index >= 15 is 0 Å². The molecule has 19 heavy (non-hydrogen) atoms. The molecule has 4 heteroatoms. The van der Waals surface area contributed by atoms with Crippen LogP contribution in [-0.2, 0) is 0 Å². The summed E-state index contributed by atoms with van der Waals surface area (Å²) in [5, 5.41) is 10.1. The van der Waals surface area contributed by atoms with Crippen LogP contribution in [0.1, 0.15) is 37.6 Å². The highest BCUT2D eigenvalue weighted by Crippen LogP contribution is 2.27. The fourth-order valence-electron chi connectivity index (χ4n) is 2.00. The number of nitrogens with zero attached hydrogens (tertiary/aromatic N) is 1. The van der Waals surface area contributed by atoms with Crippen LogP contribution in [-0.4, -0.2) is 15.1 Å². The van der Waals surface area contributed by atoms with E-state index in [-0.39, 0.29) is 22.9 Å². The van der Waals surface area contributed by atoms with Crippen LogP contribution < -0.4 is 5.56 Å². The van der Waals surface area contributed by atoms with E-state index < -0.39 is 0 Å². The van der Waals surface area contributed by atoms with Gasteiger partial charge in [0.15, 0.2) is 0 Å². The zero-order valence-corrected chi connectivity index (χ0v) is 11.4. The fraction of sp³-hybridized carbons (Fsp3) is 0.333. The second kappa shape index (κ2) is 5.26. The summed E-state index contributed by atoms with van der Waals surface area (Å²) in [6.45, 7) is 5.87. The first-order valence-electron chi connectivity index (χ1n) is 6.43. The molecule has 1 unspecified atom stereocenters. The Morgan fingerprint density at radius 2 is 2.05 bits per heavy atom. The van der Waals surface area contributed by atoms with Gasteiger partial charge in [-0.2, -0.15) is 4.98 Å². The Morgan fingerprint density at radius 1 is 1.37 bits per heavy atom. The van der Waals surface area contributed by atoms with Gasteiger partial charge in [-0.3, -0.25) is 4.79 Å². The average Bonchev–Trinajstić information content (AvgIpc) is 2.39. The maximum Gasteiger partial charge on any atom is 0.262 e. The second-order valence-electron chi connectivity index (χ2n) is 4.77. The minimum Gasteiger partial charge on any atom is -0.493 e. The molecule has 4 nitrogen and oxygen atoms in total. The van der Waals surface area contributed by atoms with Gasteiger partial charge >= 0.3 is 0 Å². The van der Waals surface area contributed by atoms with Crippen LogP contribution in [0.5, 0.6) is 5.88 Å². The molecule has 1 aromatic heterocycles. The van der Waals surface area contributed by atoms with Crippen molar-refractivity contribution in [3.05, 3.63) is 46.0 Å². The fourth-order valence-corrected chi connectivity index (χ4v) is 2.00. The van der Waals surface area contributed by atoms with E-state index in [9.17, 15) is 9.90 Å². The van der Waals surface area contributed by atoms with Gasteiger partial charge in [-0.15, -0.1) is 0 Å². The first-order chi connectivity index (χ1) is 9.04. The lowest BCUT2D eigenvalue weighted by Gasteiger charge is -2.11. The number of aromatic amines is 1. The molecule has 0 bridgehead atoms. The summed E-state index contributed by atoms with van der Waals surface area (Å²) in [5.74, 6) is 0.445. The molecule has 0 aliphatic heterocycles. The molecule has 0 saturated carbocycles. The number of aryl methyl sites for hydroxylation is 1. The molecule has 100 valence electrons. The summed E-state index contributed by atoms with van der Waals surface area (Å²) in [6.07, 6.45) is 0.853. The van der Waals surface area contributed by atoms with E-state index in [1.165, 1.54) is 0 Å². The Bertz CT molecular complexity index is 647. The number of H-pyrrole nitrogens is 1. The molecule has 1 heterocycles. The number of aromatic hydroxyl groups is 1. The van der Waals surface area contributed by atoms with E-state index in [0.717, 1.165) is 12.0 Å².